The van der Waals surface area contributed by atoms with Crippen molar-refractivity contribution in [3.63, 3.8) is 0 Å². The van der Waals surface area contributed by atoms with Crippen LogP contribution in [0.5, 0.6) is 0 Å². The molecular weight excluding hydrogens is 362 g/mol. The van der Waals surface area contributed by atoms with E-state index in [-0.39, 0.29) is 11.7 Å². The molecule has 0 aromatic heterocycles. The largest absolute Gasteiger partial charge is 0.321 e. The molecule has 29 heavy (non-hydrogen) atoms. The summed E-state index contributed by atoms with van der Waals surface area (Å²) >= 11 is 0. The number of hydrogen-bond donors (Lipinski definition) is 1. The van der Waals surface area contributed by atoms with Crippen LogP contribution in [0.3, 0.4) is 0 Å². The Hall–Kier alpha value is -3.18. The Kier molecular flexibility index (Phi) is 4.32. The first-order chi connectivity index (χ1) is 14.1. The fourth-order valence-corrected chi connectivity index (χ4v) is 4.15. The molecule has 0 radical (unpaired) electrons. The van der Waals surface area contributed by atoms with E-state index in [1.807, 2.05) is 0 Å². The number of para-hydroxylation sites is 1. The Balaban J connectivity index is 0.000000165. The number of rotatable bonds is 3. The highest BCUT2D eigenvalue weighted by Gasteiger charge is 2.24. The third kappa shape index (κ3) is 3.28. The van der Waals surface area contributed by atoms with Crippen LogP contribution in [0.15, 0.2) is 55.2 Å². The third-order valence-corrected chi connectivity index (χ3v) is 5.89. The van der Waals surface area contributed by atoms with E-state index in [1.165, 1.54) is 35.9 Å². The maximum Gasteiger partial charge on any atom is 0.255 e. The zero-order valence-electron chi connectivity index (χ0n) is 16.3. The van der Waals surface area contributed by atoms with E-state index in [2.05, 4.69) is 51.8 Å². The van der Waals surface area contributed by atoms with Crippen LogP contribution in [-0.2, 0) is 4.79 Å². The van der Waals surface area contributed by atoms with E-state index in [0.717, 1.165) is 24.3 Å². The number of likely N-dealkylation sites (tertiary alicyclic amines) is 1. The Bertz CT molecular complexity index is 1120. The number of aromatic nitrogens is 1. The highest BCUT2D eigenvalue weighted by molar-refractivity contribution is 6.31. The van der Waals surface area contributed by atoms with E-state index in [9.17, 15) is 9.59 Å². The lowest BCUT2D eigenvalue weighted by Crippen LogP contribution is -2.34. The first-order valence-electron chi connectivity index (χ1n) is 10.1. The average molecular weight is 385 g/mol. The number of piperidine rings is 1. The number of ketones is 1. The number of carbonyl (C=O) groups excluding carboxylic acids is 2. The summed E-state index contributed by atoms with van der Waals surface area (Å²) in [6.07, 6.45) is 5.77. The minimum atomic E-state index is -0.180. The number of nitrogens with one attached hydrogen (secondary N) is 1. The molecule has 0 spiro atoms. The van der Waals surface area contributed by atoms with Crippen molar-refractivity contribution in [2.45, 2.75) is 19.3 Å². The standard InChI is InChI=1S/C16H18N2O2.C8H5N/c1-11-13-9-12(5-6-14(13)17-16(11)20)15(19)10-18-7-3-2-4-8-18;1-2-4-7-6(3-1)8-5-9(7)8/h5-6,9H,1-4,7-8,10H2,(H,17,20);1-5H. The molecular formula is C24H23N3O2. The first kappa shape index (κ1) is 17.9. The highest BCUT2D eigenvalue weighted by Crippen LogP contribution is 2.37. The van der Waals surface area contributed by atoms with E-state index in [0.29, 0.717) is 17.7 Å². The maximum atomic E-state index is 12.3. The van der Waals surface area contributed by atoms with Gasteiger partial charge in [-0.2, -0.15) is 0 Å². The number of amides is 1. The van der Waals surface area contributed by atoms with Crippen molar-refractivity contribution < 1.29 is 9.59 Å². The van der Waals surface area contributed by atoms with Gasteiger partial charge in [0.1, 0.15) is 0 Å². The lowest BCUT2D eigenvalue weighted by atomic mass is 10.0. The van der Waals surface area contributed by atoms with Crippen LogP contribution in [0.2, 0.25) is 0 Å². The molecule has 4 aliphatic rings. The minimum absolute atomic E-state index is 0.113. The van der Waals surface area contributed by atoms with Crippen molar-refractivity contribution in [3.8, 4) is 5.69 Å². The van der Waals surface area contributed by atoms with Crippen LogP contribution in [0.4, 0.5) is 5.69 Å². The molecule has 2 aromatic rings. The molecule has 1 saturated heterocycles. The molecule has 146 valence electrons. The number of hydrogen-bond acceptors (Lipinski definition) is 3. The molecule has 1 N–H and O–H groups in total. The van der Waals surface area contributed by atoms with Gasteiger partial charge in [0.15, 0.2) is 5.78 Å². The zero-order valence-corrected chi connectivity index (χ0v) is 16.3. The van der Waals surface area contributed by atoms with Gasteiger partial charge in [0, 0.05) is 34.0 Å². The molecule has 2 aromatic carbocycles. The van der Waals surface area contributed by atoms with Gasteiger partial charge in [0.2, 0.25) is 0 Å². The minimum Gasteiger partial charge on any atom is -0.321 e. The number of Topliss-reactive ketones (excluding diaryl/α,β-unsaturated/α-hetero) is 1. The Morgan fingerprint density at radius 3 is 2.66 bits per heavy atom. The fourth-order valence-electron chi connectivity index (χ4n) is 4.15. The van der Waals surface area contributed by atoms with Crippen LogP contribution in [0.25, 0.3) is 22.2 Å². The summed E-state index contributed by atoms with van der Waals surface area (Å²) in [6.45, 7) is 6.23. The van der Waals surface area contributed by atoms with Crippen LogP contribution in [0, 0.1) is 0 Å². The van der Waals surface area contributed by atoms with Crippen molar-refractivity contribution in [2.75, 3.05) is 25.0 Å². The van der Waals surface area contributed by atoms with Crippen LogP contribution in [0.1, 0.15) is 35.2 Å². The van der Waals surface area contributed by atoms with Crippen molar-refractivity contribution in [1.82, 2.24) is 9.47 Å². The van der Waals surface area contributed by atoms with Gasteiger partial charge in [-0.1, -0.05) is 31.2 Å². The van der Waals surface area contributed by atoms with Gasteiger partial charge in [0.25, 0.3) is 5.91 Å². The van der Waals surface area contributed by atoms with Crippen LogP contribution < -0.4 is 5.32 Å². The summed E-state index contributed by atoms with van der Waals surface area (Å²) in [5.41, 5.74) is 5.37. The summed E-state index contributed by atoms with van der Waals surface area (Å²) in [7, 11) is 0. The lowest BCUT2D eigenvalue weighted by molar-refractivity contribution is -0.110. The normalized spacial score (nSPS) is 16.8. The summed E-state index contributed by atoms with van der Waals surface area (Å²) in [5.74, 6) is -0.0671. The molecule has 6 rings (SSSR count). The zero-order chi connectivity index (χ0) is 20.0. The molecule has 4 aliphatic heterocycles. The Labute approximate surface area is 169 Å². The highest BCUT2D eigenvalue weighted by atomic mass is 16.2. The summed E-state index contributed by atoms with van der Waals surface area (Å²) in [4.78, 5) is 26.1. The van der Waals surface area contributed by atoms with Crippen LogP contribution in [-0.4, -0.2) is 40.8 Å². The number of benzene rings is 2. The van der Waals surface area contributed by atoms with Gasteiger partial charge in [-0.15, -0.1) is 0 Å². The van der Waals surface area contributed by atoms with Crippen LogP contribution >= 0.6 is 0 Å². The van der Waals surface area contributed by atoms with Gasteiger partial charge < -0.3 is 9.88 Å². The van der Waals surface area contributed by atoms with Gasteiger partial charge >= 0.3 is 0 Å². The van der Waals surface area contributed by atoms with E-state index < -0.39 is 0 Å². The second-order valence-corrected chi connectivity index (χ2v) is 7.85. The Morgan fingerprint density at radius 2 is 1.86 bits per heavy atom. The SMILES string of the molecule is C=C1C(=O)Nc2ccc(C(=O)CN3CCCCC3)cc21.c1ccc2c(c1)c1cn2-1. The smallest absolute Gasteiger partial charge is 0.255 e. The monoisotopic (exact) mass is 385 g/mol. The van der Waals surface area contributed by atoms with E-state index in [1.54, 1.807) is 18.2 Å². The number of carbonyl (C=O) groups is 2. The van der Waals surface area contributed by atoms with Crippen molar-refractivity contribution >= 4 is 33.9 Å². The molecule has 5 heteroatoms. The maximum absolute atomic E-state index is 12.3. The quantitative estimate of drug-likeness (QED) is 0.423. The first-order valence-corrected chi connectivity index (χ1v) is 10.1. The average Bonchev–Trinajstić information content (AvgIpc) is 3.40. The molecule has 0 aliphatic carbocycles. The molecule has 4 heterocycles. The van der Waals surface area contributed by atoms with Crippen molar-refractivity contribution in [2.24, 2.45) is 0 Å². The van der Waals surface area contributed by atoms with Crippen molar-refractivity contribution in [3.05, 3.63) is 66.4 Å². The number of anilines is 1. The fraction of sp³-hybridized carbons (Fsp3) is 0.250. The summed E-state index contributed by atoms with van der Waals surface area (Å²) in [5, 5.41) is 4.15. The van der Waals surface area contributed by atoms with Gasteiger partial charge in [-0.25, -0.2) is 0 Å². The molecule has 5 nitrogen and oxygen atoms in total. The molecule has 1 amide bonds. The molecule has 0 unspecified atom stereocenters. The lowest BCUT2D eigenvalue weighted by Gasteiger charge is -2.25. The number of fused-ring (bicyclic) bond motifs is 5. The predicted octanol–water partition coefficient (Wildman–Crippen LogP) is 4.26. The molecule has 0 bridgehead atoms. The third-order valence-electron chi connectivity index (χ3n) is 5.89. The van der Waals surface area contributed by atoms with E-state index in [4.69, 9.17) is 0 Å². The van der Waals surface area contributed by atoms with Gasteiger partial charge in [-0.05, 0) is 50.2 Å². The molecule has 0 saturated carbocycles. The summed E-state index contributed by atoms with van der Waals surface area (Å²) < 4.78 is 2.20. The molecule has 0 atom stereocenters. The topological polar surface area (TPSA) is 54.3 Å². The van der Waals surface area contributed by atoms with E-state index >= 15 is 0 Å². The van der Waals surface area contributed by atoms with Crippen molar-refractivity contribution in [1.29, 1.82) is 0 Å². The summed E-state index contributed by atoms with van der Waals surface area (Å²) in [6, 6.07) is 13.8. The second-order valence-electron chi connectivity index (χ2n) is 7.85. The predicted molar refractivity (Wildman–Crippen MR) is 116 cm³/mol. The molecule has 1 fully saturated rings. The number of nitrogens with zero attached hydrogens (tertiary/aromatic N) is 2. The van der Waals surface area contributed by atoms with Gasteiger partial charge in [0.05, 0.1) is 17.7 Å². The van der Waals surface area contributed by atoms with Gasteiger partial charge in [-0.3, -0.25) is 14.5 Å². The Morgan fingerprint density at radius 1 is 1.07 bits per heavy atom. The second kappa shape index (κ2) is 7.01.